The molecule has 1 atom stereocenters. The van der Waals surface area contributed by atoms with Crippen LogP contribution in [-0.4, -0.2) is 31.6 Å². The summed E-state index contributed by atoms with van der Waals surface area (Å²) in [6.45, 7) is 0.162. The number of carbonyl (C=O) groups is 2. The van der Waals surface area contributed by atoms with E-state index in [4.69, 9.17) is 15.2 Å². The van der Waals surface area contributed by atoms with E-state index in [0.29, 0.717) is 11.1 Å². The average Bonchev–Trinajstić information content (AvgIpc) is 2.80. The molecule has 6 nitrogen and oxygen atoms in total. The van der Waals surface area contributed by atoms with Gasteiger partial charge in [0.25, 0.3) is 5.91 Å². The van der Waals surface area contributed by atoms with E-state index < -0.39 is 29.6 Å². The molecule has 0 radical (unpaired) electrons. The molecule has 0 aromatic heterocycles. The number of nitrogens with two attached hydrogens (primary N) is 1. The Hall–Kier alpha value is -3.78. The van der Waals surface area contributed by atoms with Crippen molar-refractivity contribution < 1.29 is 27.8 Å². The summed E-state index contributed by atoms with van der Waals surface area (Å²) in [4.78, 5) is 24.8. The van der Waals surface area contributed by atoms with Crippen LogP contribution in [-0.2, 0) is 20.9 Å². The second-order valence-corrected chi connectivity index (χ2v) is 6.98. The van der Waals surface area contributed by atoms with Crippen LogP contribution in [0.1, 0.15) is 15.9 Å². The first-order valence-electron chi connectivity index (χ1n) is 9.74. The molecule has 0 aliphatic rings. The summed E-state index contributed by atoms with van der Waals surface area (Å²) >= 11 is 0. The van der Waals surface area contributed by atoms with Gasteiger partial charge in [0.15, 0.2) is 17.7 Å². The van der Waals surface area contributed by atoms with Crippen LogP contribution in [0.25, 0.3) is 11.1 Å². The van der Waals surface area contributed by atoms with Crippen LogP contribution >= 0.6 is 0 Å². The predicted molar refractivity (Wildman–Crippen MR) is 116 cm³/mol. The van der Waals surface area contributed by atoms with Gasteiger partial charge >= 0.3 is 5.97 Å². The summed E-state index contributed by atoms with van der Waals surface area (Å²) in [6.07, 6.45) is 0. The van der Waals surface area contributed by atoms with E-state index in [9.17, 15) is 18.4 Å². The van der Waals surface area contributed by atoms with Crippen molar-refractivity contribution >= 4 is 17.6 Å². The Balaban J connectivity index is 1.69. The highest BCUT2D eigenvalue weighted by molar-refractivity contribution is 6.01. The number of hydrogen-bond donors (Lipinski definition) is 2. The topological polar surface area (TPSA) is 90.6 Å². The van der Waals surface area contributed by atoms with E-state index in [0.717, 1.165) is 17.7 Å². The quantitative estimate of drug-likeness (QED) is 0.412. The summed E-state index contributed by atoms with van der Waals surface area (Å²) in [5, 5.41) is 2.56. The fraction of sp³-hybridized carbons (Fsp3) is 0.167. The number of halogens is 2. The van der Waals surface area contributed by atoms with Crippen LogP contribution in [0.5, 0.6) is 0 Å². The van der Waals surface area contributed by atoms with Crippen molar-refractivity contribution in [3.05, 3.63) is 89.5 Å². The van der Waals surface area contributed by atoms with Gasteiger partial charge in [-0.25, -0.2) is 13.6 Å². The number of nitrogen functional groups attached to an aromatic ring is 1. The molecule has 1 amide bonds. The minimum atomic E-state index is -1.04. The van der Waals surface area contributed by atoms with E-state index in [1.54, 1.807) is 6.07 Å². The number of nitrogens with one attached hydrogen (secondary N) is 1. The maximum absolute atomic E-state index is 13.5. The van der Waals surface area contributed by atoms with Crippen molar-refractivity contribution in [1.29, 1.82) is 0 Å². The molecular formula is C24H22F2N2O4. The molecule has 32 heavy (non-hydrogen) atoms. The number of ether oxygens (including phenoxy) is 2. The molecule has 0 unspecified atom stereocenters. The third-order valence-electron chi connectivity index (χ3n) is 4.74. The molecular weight excluding hydrogens is 418 g/mol. The van der Waals surface area contributed by atoms with E-state index in [1.807, 2.05) is 30.3 Å². The van der Waals surface area contributed by atoms with Gasteiger partial charge in [-0.05, 0) is 41.0 Å². The minimum Gasteiger partial charge on any atom is -0.467 e. The lowest BCUT2D eigenvalue weighted by Gasteiger charge is -2.17. The normalized spacial score (nSPS) is 11.6. The van der Waals surface area contributed by atoms with Gasteiger partial charge in [-0.2, -0.15) is 0 Å². The average molecular weight is 440 g/mol. The molecule has 0 aliphatic carbocycles. The van der Waals surface area contributed by atoms with Crippen molar-refractivity contribution in [2.24, 2.45) is 0 Å². The van der Waals surface area contributed by atoms with Gasteiger partial charge < -0.3 is 20.5 Å². The number of carbonyl (C=O) groups excluding carboxylic acids is 2. The fourth-order valence-electron chi connectivity index (χ4n) is 3.04. The molecule has 3 aromatic carbocycles. The van der Waals surface area contributed by atoms with Gasteiger partial charge in [-0.15, -0.1) is 0 Å². The lowest BCUT2D eigenvalue weighted by atomic mass is 10.0. The van der Waals surface area contributed by atoms with Crippen LogP contribution in [0, 0.1) is 11.6 Å². The van der Waals surface area contributed by atoms with Crippen molar-refractivity contribution in [1.82, 2.24) is 5.32 Å². The molecule has 0 fully saturated rings. The van der Waals surface area contributed by atoms with Crippen molar-refractivity contribution in [3.8, 4) is 11.1 Å². The first-order chi connectivity index (χ1) is 15.4. The molecule has 0 bridgehead atoms. The smallest absolute Gasteiger partial charge is 0.330 e. The molecule has 3 aromatic rings. The fourth-order valence-corrected chi connectivity index (χ4v) is 3.04. The van der Waals surface area contributed by atoms with Gasteiger partial charge in [-0.1, -0.05) is 42.5 Å². The molecule has 3 rings (SSSR count). The Morgan fingerprint density at radius 1 is 0.969 bits per heavy atom. The zero-order valence-corrected chi connectivity index (χ0v) is 17.3. The number of benzene rings is 3. The molecule has 0 saturated carbocycles. The molecule has 3 N–H and O–H groups in total. The summed E-state index contributed by atoms with van der Waals surface area (Å²) in [6, 6.07) is 16.3. The van der Waals surface area contributed by atoms with Gasteiger partial charge in [0, 0.05) is 5.69 Å². The summed E-state index contributed by atoms with van der Waals surface area (Å²) < 4.78 is 37.0. The Morgan fingerprint density at radius 2 is 1.66 bits per heavy atom. The van der Waals surface area contributed by atoms with Crippen molar-refractivity contribution in [2.75, 3.05) is 19.5 Å². The molecule has 166 valence electrons. The Morgan fingerprint density at radius 3 is 2.31 bits per heavy atom. The summed E-state index contributed by atoms with van der Waals surface area (Å²) in [5.74, 6) is -3.21. The summed E-state index contributed by atoms with van der Waals surface area (Å²) in [5.41, 5.74) is 8.07. The van der Waals surface area contributed by atoms with Gasteiger partial charge in [-0.3, -0.25) is 4.79 Å². The zero-order chi connectivity index (χ0) is 23.1. The SMILES string of the molecule is COC(=O)[C@H](COCc1ccccc1)NC(=O)c1ccc(-c2ccc(F)c(F)c2)cc1N. The van der Waals surface area contributed by atoms with E-state index in [-0.39, 0.29) is 24.5 Å². The third kappa shape index (κ3) is 5.67. The van der Waals surface area contributed by atoms with E-state index >= 15 is 0 Å². The maximum atomic E-state index is 13.5. The largest absolute Gasteiger partial charge is 0.467 e. The molecule has 0 spiro atoms. The number of amides is 1. The zero-order valence-electron chi connectivity index (χ0n) is 17.3. The van der Waals surface area contributed by atoms with Gasteiger partial charge in [0.1, 0.15) is 0 Å². The lowest BCUT2D eigenvalue weighted by Crippen LogP contribution is -2.44. The minimum absolute atomic E-state index is 0.0971. The number of esters is 1. The standard InChI is InChI=1S/C24H22F2N2O4/c1-31-24(30)22(14-32-13-15-5-3-2-4-6-15)28-23(29)18-9-7-17(12-21(18)27)16-8-10-19(25)20(26)11-16/h2-12,22H,13-14,27H2,1H3,(H,28,29)/t22-/m0/s1. The summed E-state index contributed by atoms with van der Waals surface area (Å²) in [7, 11) is 1.21. The number of anilines is 1. The number of methoxy groups -OCH3 is 1. The first kappa shape index (κ1) is 22.9. The number of rotatable bonds is 8. The van der Waals surface area contributed by atoms with Crippen LogP contribution < -0.4 is 11.1 Å². The highest BCUT2D eigenvalue weighted by Crippen LogP contribution is 2.25. The molecule has 8 heteroatoms. The lowest BCUT2D eigenvalue weighted by molar-refractivity contribution is -0.144. The van der Waals surface area contributed by atoms with E-state index in [1.165, 1.54) is 25.3 Å². The van der Waals surface area contributed by atoms with E-state index in [2.05, 4.69) is 5.32 Å². The van der Waals surface area contributed by atoms with Crippen molar-refractivity contribution in [2.45, 2.75) is 12.6 Å². The number of hydrogen-bond acceptors (Lipinski definition) is 5. The Labute approximate surface area is 184 Å². The second-order valence-electron chi connectivity index (χ2n) is 6.98. The van der Waals surface area contributed by atoms with Crippen LogP contribution in [0.2, 0.25) is 0 Å². The van der Waals surface area contributed by atoms with Gasteiger partial charge in [0.05, 0.1) is 25.9 Å². The Bertz CT molecular complexity index is 1110. The molecule has 0 saturated heterocycles. The molecule has 0 aliphatic heterocycles. The van der Waals surface area contributed by atoms with Crippen LogP contribution in [0.4, 0.5) is 14.5 Å². The third-order valence-corrected chi connectivity index (χ3v) is 4.74. The highest BCUT2D eigenvalue weighted by Gasteiger charge is 2.23. The second kappa shape index (κ2) is 10.5. The predicted octanol–water partition coefficient (Wildman–Crippen LogP) is 3.70. The Kier molecular flexibility index (Phi) is 7.51. The van der Waals surface area contributed by atoms with Crippen molar-refractivity contribution in [3.63, 3.8) is 0 Å². The monoisotopic (exact) mass is 440 g/mol. The first-order valence-corrected chi connectivity index (χ1v) is 9.74. The highest BCUT2D eigenvalue weighted by atomic mass is 19.2. The van der Waals surface area contributed by atoms with Crippen LogP contribution in [0.15, 0.2) is 66.7 Å². The van der Waals surface area contributed by atoms with Crippen LogP contribution in [0.3, 0.4) is 0 Å². The molecule has 0 heterocycles. The van der Waals surface area contributed by atoms with Gasteiger partial charge in [0.2, 0.25) is 0 Å². The maximum Gasteiger partial charge on any atom is 0.330 e.